The number of ether oxygens (including phenoxy) is 1. The van der Waals surface area contributed by atoms with Gasteiger partial charge in [-0.1, -0.05) is 11.3 Å². The zero-order chi connectivity index (χ0) is 23.8. The van der Waals surface area contributed by atoms with E-state index in [9.17, 15) is 19.7 Å². The Morgan fingerprint density at radius 1 is 1.24 bits per heavy atom. The summed E-state index contributed by atoms with van der Waals surface area (Å²) in [5, 5.41) is 16.6. The van der Waals surface area contributed by atoms with E-state index in [1.165, 1.54) is 15.7 Å². The van der Waals surface area contributed by atoms with Gasteiger partial charge in [-0.2, -0.15) is 9.38 Å². The Hall–Kier alpha value is -2.89. The molecule has 2 aliphatic rings. The number of nitro groups is 1. The van der Waals surface area contributed by atoms with Crippen LogP contribution in [-0.2, 0) is 9.53 Å². The van der Waals surface area contributed by atoms with Crippen molar-refractivity contribution in [2.24, 2.45) is 5.92 Å². The lowest BCUT2D eigenvalue weighted by Gasteiger charge is -2.36. The summed E-state index contributed by atoms with van der Waals surface area (Å²) in [4.78, 5) is 45.2. The van der Waals surface area contributed by atoms with Crippen molar-refractivity contribution in [1.29, 1.82) is 0 Å². The highest BCUT2D eigenvalue weighted by Crippen LogP contribution is 2.32. The van der Waals surface area contributed by atoms with Crippen molar-refractivity contribution in [1.82, 2.24) is 19.6 Å². The van der Waals surface area contributed by atoms with E-state index in [1.54, 1.807) is 16.5 Å². The molecule has 33 heavy (non-hydrogen) atoms. The van der Waals surface area contributed by atoms with Crippen molar-refractivity contribution in [3.8, 4) is 0 Å². The Balaban J connectivity index is 1.39. The lowest BCUT2D eigenvalue weighted by molar-refractivity contribution is -0.389. The Morgan fingerprint density at radius 2 is 2.00 bits per heavy atom. The second-order valence-electron chi connectivity index (χ2n) is 9.63. The number of rotatable bonds is 4. The average molecular weight is 479 g/mol. The van der Waals surface area contributed by atoms with E-state index in [0.29, 0.717) is 43.4 Å². The van der Waals surface area contributed by atoms with Crippen LogP contribution < -0.4 is 10.2 Å². The molecule has 4 heterocycles. The molecule has 0 spiro atoms. The maximum atomic E-state index is 13.0. The zero-order valence-electron chi connectivity index (χ0n) is 19.2. The van der Waals surface area contributed by atoms with Gasteiger partial charge in [-0.3, -0.25) is 4.79 Å². The molecular formula is C21H30N6O5S. The largest absolute Gasteiger partial charge is 0.444 e. The first-order chi connectivity index (χ1) is 15.6. The Labute approximate surface area is 195 Å². The molecule has 2 amide bonds. The number of carbonyl (C=O) groups excluding carboxylic acids is 2. The van der Waals surface area contributed by atoms with Gasteiger partial charge in [-0.15, -0.1) is 0 Å². The number of nitrogens with one attached hydrogen (secondary N) is 1. The summed E-state index contributed by atoms with van der Waals surface area (Å²) in [6, 6.07) is -0.137. The molecule has 2 aliphatic heterocycles. The van der Waals surface area contributed by atoms with E-state index in [-0.39, 0.29) is 23.7 Å². The molecule has 2 aromatic heterocycles. The number of hydrogen-bond donors (Lipinski definition) is 1. The molecule has 1 N–H and O–H groups in total. The number of piperidine rings is 2. The van der Waals surface area contributed by atoms with Crippen LogP contribution in [0.5, 0.6) is 0 Å². The highest BCUT2D eigenvalue weighted by molar-refractivity contribution is 7.15. The van der Waals surface area contributed by atoms with Gasteiger partial charge in [0, 0.05) is 37.6 Å². The second kappa shape index (κ2) is 9.16. The number of imidazole rings is 1. The third-order valence-electron chi connectivity index (χ3n) is 5.90. The lowest BCUT2D eigenvalue weighted by Crippen LogP contribution is -2.52. The zero-order valence-corrected chi connectivity index (χ0v) is 20.0. The normalized spacial score (nSPS) is 21.8. The smallest absolute Gasteiger partial charge is 0.410 e. The molecule has 11 nitrogen and oxygen atoms in total. The average Bonchev–Trinajstić information content (AvgIpc) is 3.34. The Bertz CT molecular complexity index is 1040. The number of anilines is 1. The standard InChI is InChI=1S/C21H30N6O5S/c1-21(2,3)32-20(29)25-9-4-6-14(12-25)17(28)22-15-7-5-8-24(13-15)16-18(27(30)31)26-10-11-33-19(26)23-16/h10-11,14-15H,4-9,12-13H2,1-3H3,(H,22,28)/t14-,15+/m1/s1. The number of likely N-dealkylation sites (tertiary alicyclic amines) is 1. The van der Waals surface area contributed by atoms with Crippen LogP contribution in [0.3, 0.4) is 0 Å². The molecule has 4 rings (SSSR count). The van der Waals surface area contributed by atoms with Crippen LogP contribution in [0.15, 0.2) is 11.6 Å². The van der Waals surface area contributed by atoms with E-state index in [4.69, 9.17) is 4.74 Å². The highest BCUT2D eigenvalue weighted by Gasteiger charge is 2.34. The van der Waals surface area contributed by atoms with Crippen LogP contribution in [0.4, 0.5) is 16.4 Å². The summed E-state index contributed by atoms with van der Waals surface area (Å²) in [5.41, 5.74) is -0.581. The SMILES string of the molecule is CC(C)(C)OC(=O)N1CCC[C@@H](C(=O)N[C@H]2CCCN(c3nc4sccn4c3[N+](=O)[O-])C2)C1. The van der Waals surface area contributed by atoms with E-state index in [2.05, 4.69) is 10.3 Å². The number of aromatic nitrogens is 2. The van der Waals surface area contributed by atoms with E-state index >= 15 is 0 Å². The minimum absolute atomic E-state index is 0.0430. The number of nitrogens with zero attached hydrogens (tertiary/aromatic N) is 5. The van der Waals surface area contributed by atoms with Crippen LogP contribution in [-0.4, -0.2) is 69.0 Å². The first-order valence-electron chi connectivity index (χ1n) is 11.3. The molecule has 0 unspecified atom stereocenters. The fraction of sp³-hybridized carbons (Fsp3) is 0.667. The summed E-state index contributed by atoms with van der Waals surface area (Å²) < 4.78 is 6.95. The Morgan fingerprint density at radius 3 is 2.73 bits per heavy atom. The number of carbonyl (C=O) groups is 2. The molecule has 2 saturated heterocycles. The maximum absolute atomic E-state index is 13.0. The van der Waals surface area contributed by atoms with Gasteiger partial charge in [-0.05, 0) is 51.4 Å². The molecule has 0 aliphatic carbocycles. The van der Waals surface area contributed by atoms with Crippen molar-refractivity contribution in [2.45, 2.75) is 58.1 Å². The van der Waals surface area contributed by atoms with Crippen molar-refractivity contribution in [2.75, 3.05) is 31.1 Å². The third kappa shape index (κ3) is 5.21. The predicted octanol–water partition coefficient (Wildman–Crippen LogP) is 3.04. The number of amides is 2. The molecule has 12 heteroatoms. The second-order valence-corrected chi connectivity index (χ2v) is 10.5. The molecular weight excluding hydrogens is 448 g/mol. The number of hydrogen-bond acceptors (Lipinski definition) is 8. The molecule has 0 bridgehead atoms. The summed E-state index contributed by atoms with van der Waals surface area (Å²) in [6.07, 6.45) is 4.30. The molecule has 0 aromatic carbocycles. The predicted molar refractivity (Wildman–Crippen MR) is 124 cm³/mol. The van der Waals surface area contributed by atoms with Gasteiger partial charge in [0.05, 0.1) is 5.92 Å². The first kappa shape index (κ1) is 23.3. The summed E-state index contributed by atoms with van der Waals surface area (Å²) >= 11 is 1.35. The van der Waals surface area contributed by atoms with Gasteiger partial charge in [-0.25, -0.2) is 4.79 Å². The minimum atomic E-state index is -0.581. The van der Waals surface area contributed by atoms with Gasteiger partial charge in [0.1, 0.15) is 11.8 Å². The van der Waals surface area contributed by atoms with Gasteiger partial charge >= 0.3 is 11.9 Å². The molecule has 0 saturated carbocycles. The van der Waals surface area contributed by atoms with Crippen molar-refractivity contribution < 1.29 is 19.2 Å². The van der Waals surface area contributed by atoms with Crippen LogP contribution >= 0.6 is 11.3 Å². The lowest BCUT2D eigenvalue weighted by atomic mass is 9.96. The van der Waals surface area contributed by atoms with Crippen LogP contribution in [0.2, 0.25) is 0 Å². The van der Waals surface area contributed by atoms with Crippen LogP contribution in [0.25, 0.3) is 4.96 Å². The minimum Gasteiger partial charge on any atom is -0.444 e. The molecule has 180 valence electrons. The molecule has 0 radical (unpaired) electrons. The fourth-order valence-electron chi connectivity index (χ4n) is 4.43. The van der Waals surface area contributed by atoms with Crippen LogP contribution in [0, 0.1) is 16.0 Å². The quantitative estimate of drug-likeness (QED) is 0.529. The molecule has 2 aromatic rings. The summed E-state index contributed by atoms with van der Waals surface area (Å²) in [7, 11) is 0. The first-order valence-corrected chi connectivity index (χ1v) is 12.1. The summed E-state index contributed by atoms with van der Waals surface area (Å²) in [6.45, 7) is 7.48. The number of fused-ring (bicyclic) bond motifs is 1. The maximum Gasteiger partial charge on any atom is 0.410 e. The van der Waals surface area contributed by atoms with E-state index < -0.39 is 16.6 Å². The van der Waals surface area contributed by atoms with E-state index in [1.807, 2.05) is 25.7 Å². The van der Waals surface area contributed by atoms with Crippen molar-refractivity contribution in [3.05, 3.63) is 21.7 Å². The highest BCUT2D eigenvalue weighted by atomic mass is 32.1. The molecule has 2 atom stereocenters. The van der Waals surface area contributed by atoms with Gasteiger partial charge in [0.15, 0.2) is 0 Å². The van der Waals surface area contributed by atoms with Crippen molar-refractivity contribution in [3.63, 3.8) is 0 Å². The van der Waals surface area contributed by atoms with Crippen molar-refractivity contribution >= 4 is 39.9 Å². The van der Waals surface area contributed by atoms with Gasteiger partial charge in [0.25, 0.3) is 4.96 Å². The molecule has 2 fully saturated rings. The van der Waals surface area contributed by atoms with Gasteiger partial charge in [0.2, 0.25) is 11.7 Å². The Kier molecular flexibility index (Phi) is 6.46. The number of thiazole rings is 1. The summed E-state index contributed by atoms with van der Waals surface area (Å²) in [5.74, 6) is -0.0811. The topological polar surface area (TPSA) is 122 Å². The van der Waals surface area contributed by atoms with Crippen LogP contribution in [0.1, 0.15) is 46.5 Å². The van der Waals surface area contributed by atoms with E-state index in [0.717, 1.165) is 19.3 Å². The van der Waals surface area contributed by atoms with Gasteiger partial charge < -0.3 is 30.0 Å². The monoisotopic (exact) mass is 478 g/mol. The third-order valence-corrected chi connectivity index (χ3v) is 6.66. The fourth-order valence-corrected chi connectivity index (χ4v) is 5.14.